The highest BCUT2D eigenvalue weighted by Crippen LogP contribution is 2.24. The molecule has 2 N–H and O–H groups in total. The van der Waals surface area contributed by atoms with Crippen LogP contribution < -0.4 is 5.73 Å². The van der Waals surface area contributed by atoms with E-state index in [4.69, 9.17) is 5.73 Å². The molecular formula is C16H13FN2S. The first-order chi connectivity index (χ1) is 9.70. The Labute approximate surface area is 120 Å². The maximum absolute atomic E-state index is 12.9. The molecule has 0 aliphatic heterocycles. The molecule has 2 aromatic carbocycles. The van der Waals surface area contributed by atoms with Crippen LogP contribution in [-0.2, 0) is 6.42 Å². The first-order valence-electron chi connectivity index (χ1n) is 6.25. The van der Waals surface area contributed by atoms with Crippen LogP contribution in [0.15, 0.2) is 53.9 Å². The van der Waals surface area contributed by atoms with E-state index >= 15 is 0 Å². The van der Waals surface area contributed by atoms with Crippen molar-refractivity contribution in [3.63, 3.8) is 0 Å². The number of nitrogen functional groups attached to an aromatic ring is 1. The Balaban J connectivity index is 1.80. The van der Waals surface area contributed by atoms with Crippen LogP contribution in [0.3, 0.4) is 0 Å². The number of nitrogens with zero attached hydrogens (tertiary/aromatic N) is 1. The molecular weight excluding hydrogens is 271 g/mol. The highest BCUT2D eigenvalue weighted by Gasteiger charge is 2.05. The van der Waals surface area contributed by atoms with E-state index in [-0.39, 0.29) is 5.82 Å². The standard InChI is InChI=1S/C16H13FN2S/c17-13-5-1-11(2-6-13)9-16-19-15(10-20-16)12-3-7-14(18)8-4-12/h1-8,10H,9,18H2. The van der Waals surface area contributed by atoms with Gasteiger partial charge >= 0.3 is 0 Å². The molecule has 0 saturated carbocycles. The van der Waals surface area contributed by atoms with Crippen LogP contribution in [-0.4, -0.2) is 4.98 Å². The molecule has 0 saturated heterocycles. The van der Waals surface area contributed by atoms with Crippen molar-refractivity contribution in [1.29, 1.82) is 0 Å². The predicted molar refractivity (Wildman–Crippen MR) is 81.2 cm³/mol. The molecule has 0 aliphatic rings. The van der Waals surface area contributed by atoms with E-state index in [1.165, 1.54) is 12.1 Å². The van der Waals surface area contributed by atoms with Crippen LogP contribution in [0.1, 0.15) is 10.6 Å². The molecule has 3 aromatic rings. The van der Waals surface area contributed by atoms with Gasteiger partial charge in [-0.05, 0) is 29.8 Å². The Morgan fingerprint density at radius 3 is 2.40 bits per heavy atom. The number of anilines is 1. The number of hydrogen-bond acceptors (Lipinski definition) is 3. The van der Waals surface area contributed by atoms with Gasteiger partial charge in [-0.3, -0.25) is 0 Å². The lowest BCUT2D eigenvalue weighted by atomic mass is 10.1. The number of aromatic nitrogens is 1. The van der Waals surface area contributed by atoms with Crippen LogP contribution >= 0.6 is 11.3 Å². The number of benzene rings is 2. The molecule has 0 amide bonds. The molecule has 0 fully saturated rings. The molecule has 0 atom stereocenters. The van der Waals surface area contributed by atoms with Gasteiger partial charge in [0.05, 0.1) is 10.7 Å². The Morgan fingerprint density at radius 1 is 1.00 bits per heavy atom. The highest BCUT2D eigenvalue weighted by atomic mass is 32.1. The van der Waals surface area contributed by atoms with Gasteiger partial charge in [0.15, 0.2) is 0 Å². The topological polar surface area (TPSA) is 38.9 Å². The Kier molecular flexibility index (Phi) is 3.48. The van der Waals surface area contributed by atoms with Crippen molar-refractivity contribution in [3.8, 4) is 11.3 Å². The highest BCUT2D eigenvalue weighted by molar-refractivity contribution is 7.10. The smallest absolute Gasteiger partial charge is 0.123 e. The zero-order valence-electron chi connectivity index (χ0n) is 10.7. The second-order valence-electron chi connectivity index (χ2n) is 4.55. The minimum absolute atomic E-state index is 0.213. The molecule has 1 aromatic heterocycles. The Bertz CT molecular complexity index is 702. The average molecular weight is 284 g/mol. The van der Waals surface area contributed by atoms with Gasteiger partial charge in [-0.25, -0.2) is 9.37 Å². The summed E-state index contributed by atoms with van der Waals surface area (Å²) in [7, 11) is 0. The molecule has 100 valence electrons. The minimum atomic E-state index is -0.213. The van der Waals surface area contributed by atoms with Gasteiger partial charge in [0.25, 0.3) is 0 Å². The molecule has 0 spiro atoms. The Morgan fingerprint density at radius 2 is 1.70 bits per heavy atom. The quantitative estimate of drug-likeness (QED) is 0.735. The average Bonchev–Trinajstić information content (AvgIpc) is 2.91. The van der Waals surface area contributed by atoms with Crippen LogP contribution in [0.5, 0.6) is 0 Å². The van der Waals surface area contributed by atoms with Gasteiger partial charge in [0.1, 0.15) is 5.82 Å². The first kappa shape index (κ1) is 12.8. The Hall–Kier alpha value is -2.20. The van der Waals surface area contributed by atoms with E-state index in [0.717, 1.165) is 33.9 Å². The van der Waals surface area contributed by atoms with Gasteiger partial charge < -0.3 is 5.73 Å². The van der Waals surface area contributed by atoms with E-state index in [1.54, 1.807) is 23.5 Å². The zero-order chi connectivity index (χ0) is 13.9. The third-order valence-corrected chi connectivity index (χ3v) is 3.88. The molecule has 1 heterocycles. The molecule has 4 heteroatoms. The summed E-state index contributed by atoms with van der Waals surface area (Å²) >= 11 is 1.61. The zero-order valence-corrected chi connectivity index (χ0v) is 11.5. The lowest BCUT2D eigenvalue weighted by Crippen LogP contribution is -1.88. The predicted octanol–water partition coefficient (Wildman–Crippen LogP) is 4.12. The largest absolute Gasteiger partial charge is 0.399 e. The SMILES string of the molecule is Nc1ccc(-c2csc(Cc3ccc(F)cc3)n2)cc1. The summed E-state index contributed by atoms with van der Waals surface area (Å²) in [5.41, 5.74) is 9.49. The van der Waals surface area contributed by atoms with Crippen molar-refractivity contribution in [1.82, 2.24) is 4.98 Å². The van der Waals surface area contributed by atoms with E-state index in [2.05, 4.69) is 4.98 Å². The van der Waals surface area contributed by atoms with Crippen molar-refractivity contribution in [3.05, 3.63) is 70.3 Å². The van der Waals surface area contributed by atoms with Crippen LogP contribution in [0.2, 0.25) is 0 Å². The van der Waals surface area contributed by atoms with Gasteiger partial charge in [-0.15, -0.1) is 11.3 Å². The van der Waals surface area contributed by atoms with Gasteiger partial charge in [-0.1, -0.05) is 24.3 Å². The normalized spacial score (nSPS) is 10.7. The van der Waals surface area contributed by atoms with Crippen molar-refractivity contribution >= 4 is 17.0 Å². The fraction of sp³-hybridized carbons (Fsp3) is 0.0625. The van der Waals surface area contributed by atoms with Crippen LogP contribution in [0, 0.1) is 5.82 Å². The third kappa shape index (κ3) is 2.86. The van der Waals surface area contributed by atoms with Crippen molar-refractivity contribution in [2.24, 2.45) is 0 Å². The number of hydrogen-bond donors (Lipinski definition) is 1. The molecule has 0 aliphatic carbocycles. The van der Waals surface area contributed by atoms with E-state index in [9.17, 15) is 4.39 Å². The molecule has 0 unspecified atom stereocenters. The molecule has 0 bridgehead atoms. The lowest BCUT2D eigenvalue weighted by Gasteiger charge is -1.98. The number of halogens is 1. The third-order valence-electron chi connectivity index (χ3n) is 3.03. The summed E-state index contributed by atoms with van der Waals surface area (Å²) in [5, 5.41) is 3.05. The molecule has 20 heavy (non-hydrogen) atoms. The first-order valence-corrected chi connectivity index (χ1v) is 7.13. The van der Waals surface area contributed by atoms with Crippen molar-refractivity contribution < 1.29 is 4.39 Å². The summed E-state index contributed by atoms with van der Waals surface area (Å²) in [5.74, 6) is -0.213. The van der Waals surface area contributed by atoms with Gasteiger partial charge in [0.2, 0.25) is 0 Å². The monoisotopic (exact) mass is 284 g/mol. The van der Waals surface area contributed by atoms with Gasteiger partial charge in [0, 0.05) is 23.1 Å². The van der Waals surface area contributed by atoms with Gasteiger partial charge in [-0.2, -0.15) is 0 Å². The van der Waals surface area contributed by atoms with Crippen LogP contribution in [0.25, 0.3) is 11.3 Å². The van der Waals surface area contributed by atoms with Crippen LogP contribution in [0.4, 0.5) is 10.1 Å². The van der Waals surface area contributed by atoms with Crippen molar-refractivity contribution in [2.45, 2.75) is 6.42 Å². The van der Waals surface area contributed by atoms with Crippen molar-refractivity contribution in [2.75, 3.05) is 5.73 Å². The second kappa shape index (κ2) is 5.43. The summed E-state index contributed by atoms with van der Waals surface area (Å²) in [4.78, 5) is 4.61. The number of nitrogens with two attached hydrogens (primary N) is 1. The lowest BCUT2D eigenvalue weighted by molar-refractivity contribution is 0.627. The maximum atomic E-state index is 12.9. The van der Waals surface area contributed by atoms with E-state index < -0.39 is 0 Å². The summed E-state index contributed by atoms with van der Waals surface area (Å²) in [6.07, 6.45) is 0.722. The summed E-state index contributed by atoms with van der Waals surface area (Å²) in [6, 6.07) is 14.2. The number of thiazole rings is 1. The minimum Gasteiger partial charge on any atom is -0.399 e. The maximum Gasteiger partial charge on any atom is 0.123 e. The van der Waals surface area contributed by atoms with E-state index in [1.807, 2.05) is 29.6 Å². The fourth-order valence-electron chi connectivity index (χ4n) is 1.96. The molecule has 0 radical (unpaired) electrons. The van der Waals surface area contributed by atoms with E-state index in [0.29, 0.717) is 0 Å². The second-order valence-corrected chi connectivity index (χ2v) is 5.49. The number of rotatable bonds is 3. The summed E-state index contributed by atoms with van der Waals surface area (Å²) < 4.78 is 12.9. The molecule has 3 rings (SSSR count). The fourth-order valence-corrected chi connectivity index (χ4v) is 2.79. The summed E-state index contributed by atoms with van der Waals surface area (Å²) in [6.45, 7) is 0. The molecule has 2 nitrogen and oxygen atoms in total.